The molecule has 5 nitrogen and oxygen atoms in total. The smallest absolute Gasteiger partial charge is 0.304 e. The number of benzene rings is 3. The van der Waals surface area contributed by atoms with Gasteiger partial charge < -0.3 is 15.3 Å². The quantitative estimate of drug-likeness (QED) is 0.275. The molecular formula is C25H25FN2O3. The van der Waals surface area contributed by atoms with Crippen LogP contribution in [0.4, 0.5) is 4.39 Å². The lowest BCUT2D eigenvalue weighted by molar-refractivity contribution is -0.136. The van der Waals surface area contributed by atoms with E-state index < -0.39 is 5.97 Å². The molecule has 3 aromatic rings. The first-order valence-electron chi connectivity index (χ1n) is 10.0. The molecule has 0 amide bonds. The predicted octanol–water partition coefficient (Wildman–Crippen LogP) is 5.00. The standard InChI is InChI=1S/C25H25FN2O3/c1-18(21-10-7-19(8-11-21)16-27-14-13-25(29)30)28-31-17-20-9-12-23(24(26)15-20)22-5-3-2-4-6-22/h2-12,15,27H,13-14,16-17H2,1H3,(H,29,30)/b28-18+. The van der Waals surface area contributed by atoms with Crippen molar-refractivity contribution in [3.63, 3.8) is 0 Å². The van der Waals surface area contributed by atoms with Gasteiger partial charge in [0.25, 0.3) is 0 Å². The van der Waals surface area contributed by atoms with Crippen molar-refractivity contribution in [3.8, 4) is 11.1 Å². The molecule has 31 heavy (non-hydrogen) atoms. The van der Waals surface area contributed by atoms with Crippen molar-refractivity contribution in [1.29, 1.82) is 0 Å². The second-order valence-corrected chi connectivity index (χ2v) is 7.15. The topological polar surface area (TPSA) is 70.9 Å². The van der Waals surface area contributed by atoms with Crippen molar-refractivity contribution >= 4 is 11.7 Å². The van der Waals surface area contributed by atoms with Crippen molar-refractivity contribution in [2.24, 2.45) is 5.16 Å². The fourth-order valence-electron chi connectivity index (χ4n) is 3.05. The largest absolute Gasteiger partial charge is 0.481 e. The number of nitrogens with one attached hydrogen (secondary N) is 1. The monoisotopic (exact) mass is 420 g/mol. The van der Waals surface area contributed by atoms with Crippen molar-refractivity contribution in [3.05, 3.63) is 95.3 Å². The van der Waals surface area contributed by atoms with E-state index in [1.807, 2.05) is 67.6 Å². The predicted molar refractivity (Wildman–Crippen MR) is 119 cm³/mol. The van der Waals surface area contributed by atoms with Crippen LogP contribution in [0.15, 0.2) is 78.0 Å². The lowest BCUT2D eigenvalue weighted by Crippen LogP contribution is -2.17. The fourth-order valence-corrected chi connectivity index (χ4v) is 3.05. The highest BCUT2D eigenvalue weighted by atomic mass is 19.1. The van der Waals surface area contributed by atoms with Gasteiger partial charge >= 0.3 is 5.97 Å². The zero-order valence-electron chi connectivity index (χ0n) is 17.3. The molecule has 2 N–H and O–H groups in total. The number of carboxylic acid groups (broad SMARTS) is 1. The van der Waals surface area contributed by atoms with Gasteiger partial charge in [-0.15, -0.1) is 0 Å². The summed E-state index contributed by atoms with van der Waals surface area (Å²) in [4.78, 5) is 15.9. The van der Waals surface area contributed by atoms with Gasteiger partial charge in [0.1, 0.15) is 12.4 Å². The molecule has 6 heteroatoms. The van der Waals surface area contributed by atoms with Crippen LogP contribution in [-0.2, 0) is 22.8 Å². The number of carbonyl (C=O) groups is 1. The zero-order valence-corrected chi connectivity index (χ0v) is 17.3. The number of hydrogen-bond donors (Lipinski definition) is 2. The molecule has 3 rings (SSSR count). The summed E-state index contributed by atoms with van der Waals surface area (Å²) in [6.45, 7) is 3.05. The normalized spacial score (nSPS) is 11.4. The van der Waals surface area contributed by atoms with Crippen LogP contribution in [0.1, 0.15) is 30.0 Å². The van der Waals surface area contributed by atoms with Gasteiger partial charge in [-0.05, 0) is 35.2 Å². The van der Waals surface area contributed by atoms with Crippen molar-refractivity contribution < 1.29 is 19.1 Å². The molecule has 0 radical (unpaired) electrons. The van der Waals surface area contributed by atoms with E-state index in [2.05, 4.69) is 10.5 Å². The minimum absolute atomic E-state index is 0.0973. The Hall–Kier alpha value is -3.51. The molecular weight excluding hydrogens is 395 g/mol. The molecule has 0 aliphatic rings. The maximum absolute atomic E-state index is 14.4. The van der Waals surface area contributed by atoms with E-state index in [1.54, 1.807) is 6.07 Å². The van der Waals surface area contributed by atoms with Crippen molar-refractivity contribution in [2.45, 2.75) is 26.5 Å². The summed E-state index contributed by atoms with van der Waals surface area (Å²) >= 11 is 0. The van der Waals surface area contributed by atoms with Gasteiger partial charge in [0.15, 0.2) is 0 Å². The average Bonchev–Trinajstić information content (AvgIpc) is 2.77. The summed E-state index contributed by atoms with van der Waals surface area (Å²) < 4.78 is 14.4. The first-order valence-corrected chi connectivity index (χ1v) is 10.0. The van der Waals surface area contributed by atoms with E-state index in [9.17, 15) is 9.18 Å². The van der Waals surface area contributed by atoms with Gasteiger partial charge in [-0.25, -0.2) is 4.39 Å². The van der Waals surface area contributed by atoms with E-state index in [0.717, 1.165) is 16.7 Å². The molecule has 0 atom stereocenters. The average molecular weight is 420 g/mol. The third-order valence-electron chi connectivity index (χ3n) is 4.77. The third kappa shape index (κ3) is 6.76. The van der Waals surface area contributed by atoms with Crippen LogP contribution in [0.5, 0.6) is 0 Å². The number of oxime groups is 1. The van der Waals surface area contributed by atoms with Crippen molar-refractivity contribution in [2.75, 3.05) is 6.54 Å². The minimum atomic E-state index is -0.815. The van der Waals surface area contributed by atoms with Gasteiger partial charge in [0.05, 0.1) is 12.1 Å². The van der Waals surface area contributed by atoms with E-state index in [0.29, 0.717) is 29.9 Å². The Morgan fingerprint density at radius 2 is 1.74 bits per heavy atom. The molecule has 0 aromatic heterocycles. The Morgan fingerprint density at radius 3 is 2.42 bits per heavy atom. The number of aliphatic carboxylic acids is 1. The Morgan fingerprint density at radius 1 is 1.03 bits per heavy atom. The van der Waals surface area contributed by atoms with Crippen LogP contribution in [0, 0.1) is 5.82 Å². The lowest BCUT2D eigenvalue weighted by atomic mass is 10.0. The number of rotatable bonds is 10. The Balaban J connectivity index is 1.52. The van der Waals surface area contributed by atoms with Crippen LogP contribution >= 0.6 is 0 Å². The molecule has 0 bridgehead atoms. The summed E-state index contributed by atoms with van der Waals surface area (Å²) in [7, 11) is 0. The number of nitrogens with zero attached hydrogens (tertiary/aromatic N) is 1. The molecule has 0 fully saturated rings. The lowest BCUT2D eigenvalue weighted by Gasteiger charge is -2.07. The fraction of sp³-hybridized carbons (Fsp3) is 0.200. The molecule has 0 heterocycles. The van der Waals surface area contributed by atoms with Crippen LogP contribution in [0.2, 0.25) is 0 Å². The number of carboxylic acids is 1. The van der Waals surface area contributed by atoms with Crippen LogP contribution in [0.25, 0.3) is 11.1 Å². The van der Waals surface area contributed by atoms with Gasteiger partial charge in [-0.1, -0.05) is 71.9 Å². The Labute approximate surface area is 181 Å². The van der Waals surface area contributed by atoms with Crippen LogP contribution in [0.3, 0.4) is 0 Å². The first-order chi connectivity index (χ1) is 15.0. The summed E-state index contributed by atoms with van der Waals surface area (Å²) in [5.74, 6) is -1.11. The van der Waals surface area contributed by atoms with Gasteiger partial charge in [-0.3, -0.25) is 4.79 Å². The van der Waals surface area contributed by atoms with Crippen molar-refractivity contribution in [1.82, 2.24) is 5.32 Å². The first kappa shape index (κ1) is 22.2. The molecule has 0 saturated carbocycles. The number of hydrogen-bond acceptors (Lipinski definition) is 4. The molecule has 0 saturated heterocycles. The van der Waals surface area contributed by atoms with Gasteiger partial charge in [0, 0.05) is 18.7 Å². The van der Waals surface area contributed by atoms with E-state index in [-0.39, 0.29) is 18.8 Å². The second kappa shape index (κ2) is 11.0. The highest BCUT2D eigenvalue weighted by Gasteiger charge is 2.06. The summed E-state index contributed by atoms with van der Waals surface area (Å²) in [5, 5.41) is 15.9. The summed E-state index contributed by atoms with van der Waals surface area (Å²) in [5.41, 5.74) is 4.78. The zero-order chi connectivity index (χ0) is 22.1. The number of halogens is 1. The van der Waals surface area contributed by atoms with Crippen LogP contribution in [-0.4, -0.2) is 23.3 Å². The molecule has 0 aliphatic heterocycles. The van der Waals surface area contributed by atoms with E-state index in [1.165, 1.54) is 6.07 Å². The maximum Gasteiger partial charge on any atom is 0.304 e. The molecule has 3 aromatic carbocycles. The molecule has 0 unspecified atom stereocenters. The highest BCUT2D eigenvalue weighted by Crippen LogP contribution is 2.23. The second-order valence-electron chi connectivity index (χ2n) is 7.15. The Kier molecular flexibility index (Phi) is 7.90. The Bertz CT molecular complexity index is 1030. The molecule has 0 spiro atoms. The van der Waals surface area contributed by atoms with E-state index in [4.69, 9.17) is 9.94 Å². The van der Waals surface area contributed by atoms with Gasteiger partial charge in [0.2, 0.25) is 0 Å². The van der Waals surface area contributed by atoms with Gasteiger partial charge in [-0.2, -0.15) is 0 Å². The summed E-state index contributed by atoms with van der Waals surface area (Å²) in [6, 6.07) is 22.3. The highest BCUT2D eigenvalue weighted by molar-refractivity contribution is 5.98. The van der Waals surface area contributed by atoms with E-state index >= 15 is 0 Å². The SMILES string of the molecule is C/C(=N\OCc1ccc(-c2ccccc2)c(F)c1)c1ccc(CNCCC(=O)O)cc1. The minimum Gasteiger partial charge on any atom is -0.481 e. The maximum atomic E-state index is 14.4. The molecule has 160 valence electrons. The summed E-state index contributed by atoms with van der Waals surface area (Å²) in [6.07, 6.45) is 0.0973. The third-order valence-corrected chi connectivity index (χ3v) is 4.77. The van der Waals surface area contributed by atoms with Crippen LogP contribution < -0.4 is 5.32 Å². The molecule has 0 aliphatic carbocycles.